The van der Waals surface area contributed by atoms with Gasteiger partial charge in [-0.05, 0) is 12.1 Å². The van der Waals surface area contributed by atoms with Crippen LogP contribution in [0.25, 0.3) is 0 Å². The minimum atomic E-state index is -6.13. The number of esters is 2. The van der Waals surface area contributed by atoms with Gasteiger partial charge in [0.05, 0.1) is 19.2 Å². The molecule has 162 valence electrons. The van der Waals surface area contributed by atoms with E-state index in [-0.39, 0.29) is 18.7 Å². The lowest BCUT2D eigenvalue weighted by Crippen LogP contribution is -2.30. The average Bonchev–Trinajstić information content (AvgIpc) is 2.68. The fourth-order valence-corrected chi connectivity index (χ4v) is 2.59. The number of aromatic nitrogens is 1. The predicted molar refractivity (Wildman–Crippen MR) is 94.4 cm³/mol. The number of alkyl halides is 3. The van der Waals surface area contributed by atoms with Crippen LogP contribution < -0.4 is 9.74 Å². The lowest BCUT2D eigenvalue weighted by atomic mass is 10.2. The van der Waals surface area contributed by atoms with Gasteiger partial charge in [0.1, 0.15) is 12.2 Å². The third kappa shape index (κ3) is 5.37. The van der Waals surface area contributed by atoms with Crippen molar-refractivity contribution >= 4 is 22.1 Å². The van der Waals surface area contributed by atoms with Crippen molar-refractivity contribution in [2.45, 2.75) is 12.1 Å². The minimum Gasteiger partial charge on any atom is -0.465 e. The first kappa shape index (κ1) is 22.9. The molecule has 0 bridgehead atoms. The molecule has 13 heteroatoms. The standard InChI is InChI=1S/C17H14F3NO8S/c1-27-16(24)12-10-21(7-8-28-15(23)11-5-3-2-4-6-11)14(22)9-13(12)29-30(25,26)17(18,19)20/h2-6,9-10H,7-8H2,1H3. The van der Waals surface area contributed by atoms with Crippen LogP contribution in [0.3, 0.4) is 0 Å². The van der Waals surface area contributed by atoms with Crippen molar-refractivity contribution in [1.29, 1.82) is 0 Å². The van der Waals surface area contributed by atoms with E-state index in [9.17, 15) is 36.0 Å². The van der Waals surface area contributed by atoms with Crippen molar-refractivity contribution in [1.82, 2.24) is 4.57 Å². The Labute approximate surface area is 167 Å². The number of carbonyl (C=O) groups is 2. The molecule has 0 saturated carbocycles. The van der Waals surface area contributed by atoms with Crippen molar-refractivity contribution in [3.8, 4) is 5.75 Å². The molecule has 1 aromatic carbocycles. The first-order valence-electron chi connectivity index (χ1n) is 8.02. The molecule has 9 nitrogen and oxygen atoms in total. The van der Waals surface area contributed by atoms with Gasteiger partial charge in [-0.1, -0.05) is 18.2 Å². The Kier molecular flexibility index (Phi) is 6.87. The Hall–Kier alpha value is -3.35. The molecule has 2 aromatic rings. The highest BCUT2D eigenvalue weighted by Gasteiger charge is 2.49. The average molecular weight is 449 g/mol. The van der Waals surface area contributed by atoms with Crippen molar-refractivity contribution in [3.05, 3.63) is 64.1 Å². The zero-order chi connectivity index (χ0) is 22.5. The van der Waals surface area contributed by atoms with Gasteiger partial charge in [0, 0.05) is 12.3 Å². The van der Waals surface area contributed by atoms with E-state index in [1.807, 2.05) is 0 Å². The van der Waals surface area contributed by atoms with Gasteiger partial charge in [0.15, 0.2) is 5.75 Å². The lowest BCUT2D eigenvalue weighted by Gasteiger charge is -2.14. The van der Waals surface area contributed by atoms with Crippen molar-refractivity contribution in [3.63, 3.8) is 0 Å². The van der Waals surface area contributed by atoms with E-state index < -0.39 is 44.4 Å². The second kappa shape index (κ2) is 8.98. The second-order valence-corrected chi connectivity index (χ2v) is 7.10. The molecule has 0 N–H and O–H groups in total. The van der Waals surface area contributed by atoms with Gasteiger partial charge >= 0.3 is 27.6 Å². The molecule has 0 aliphatic rings. The Morgan fingerprint density at radius 1 is 1.10 bits per heavy atom. The summed E-state index contributed by atoms with van der Waals surface area (Å²) in [7, 11) is -5.24. The van der Waals surface area contributed by atoms with Crippen LogP contribution in [0.15, 0.2) is 47.4 Å². The molecule has 0 atom stereocenters. The van der Waals surface area contributed by atoms with Crippen LogP contribution in [-0.2, 0) is 26.1 Å². The summed E-state index contributed by atoms with van der Waals surface area (Å²) in [6, 6.07) is 8.28. The van der Waals surface area contributed by atoms with Crippen LogP contribution in [0.1, 0.15) is 20.7 Å². The van der Waals surface area contributed by atoms with Gasteiger partial charge in [-0.25, -0.2) is 9.59 Å². The Morgan fingerprint density at radius 3 is 2.30 bits per heavy atom. The molecule has 30 heavy (non-hydrogen) atoms. The van der Waals surface area contributed by atoms with Crippen molar-refractivity contribution in [2.24, 2.45) is 0 Å². The Balaban J connectivity index is 2.25. The number of hydrogen-bond donors (Lipinski definition) is 0. The fourth-order valence-electron chi connectivity index (χ4n) is 2.12. The van der Waals surface area contributed by atoms with Gasteiger partial charge in [0.2, 0.25) is 0 Å². The van der Waals surface area contributed by atoms with E-state index in [1.54, 1.807) is 18.2 Å². The van der Waals surface area contributed by atoms with Crippen LogP contribution in [0.5, 0.6) is 5.75 Å². The number of carbonyl (C=O) groups excluding carboxylic acids is 2. The third-order valence-electron chi connectivity index (χ3n) is 3.55. The van der Waals surface area contributed by atoms with E-state index in [1.165, 1.54) is 12.1 Å². The normalized spacial score (nSPS) is 11.6. The minimum absolute atomic E-state index is 0.251. The largest absolute Gasteiger partial charge is 0.534 e. The fraction of sp³-hybridized carbons (Fsp3) is 0.235. The number of methoxy groups -OCH3 is 1. The van der Waals surface area contributed by atoms with Crippen LogP contribution in [0, 0.1) is 0 Å². The number of rotatable bonds is 7. The van der Waals surface area contributed by atoms with E-state index >= 15 is 0 Å². The molecule has 0 saturated heterocycles. The molecule has 0 radical (unpaired) electrons. The number of ether oxygens (including phenoxy) is 2. The highest BCUT2D eigenvalue weighted by atomic mass is 32.2. The number of pyridine rings is 1. The molecule has 0 fully saturated rings. The second-order valence-electron chi connectivity index (χ2n) is 5.56. The summed E-state index contributed by atoms with van der Waals surface area (Å²) in [6.07, 6.45) is 0.742. The monoisotopic (exact) mass is 449 g/mol. The number of hydrogen-bond acceptors (Lipinski definition) is 8. The summed E-state index contributed by atoms with van der Waals surface area (Å²) in [4.78, 5) is 35.8. The summed E-state index contributed by atoms with van der Waals surface area (Å²) < 4.78 is 74.1. The summed E-state index contributed by atoms with van der Waals surface area (Å²) in [5, 5.41) is 0. The first-order chi connectivity index (χ1) is 14.0. The van der Waals surface area contributed by atoms with Crippen molar-refractivity contribution in [2.75, 3.05) is 13.7 Å². The van der Waals surface area contributed by atoms with Crippen molar-refractivity contribution < 1.29 is 44.8 Å². The van der Waals surface area contributed by atoms with E-state index in [4.69, 9.17) is 4.74 Å². The summed E-state index contributed by atoms with van der Waals surface area (Å²) >= 11 is 0. The Bertz CT molecular complexity index is 1090. The zero-order valence-corrected chi connectivity index (χ0v) is 16.0. The van der Waals surface area contributed by atoms with Crippen LogP contribution in [0.2, 0.25) is 0 Å². The van der Waals surface area contributed by atoms with Gasteiger partial charge < -0.3 is 18.2 Å². The van der Waals surface area contributed by atoms with Gasteiger partial charge in [-0.15, -0.1) is 0 Å². The molecule has 0 spiro atoms. The highest BCUT2D eigenvalue weighted by molar-refractivity contribution is 7.88. The van der Waals surface area contributed by atoms with Gasteiger partial charge in [-0.3, -0.25) is 4.79 Å². The molecule has 0 amide bonds. The highest BCUT2D eigenvalue weighted by Crippen LogP contribution is 2.28. The number of halogens is 3. The number of benzene rings is 1. The van der Waals surface area contributed by atoms with Gasteiger partial charge in [0.25, 0.3) is 5.56 Å². The molecular weight excluding hydrogens is 435 g/mol. The molecule has 0 unspecified atom stereocenters. The quantitative estimate of drug-likeness (QED) is 0.356. The SMILES string of the molecule is COC(=O)c1cn(CCOC(=O)c2ccccc2)c(=O)cc1OS(=O)(=O)C(F)(F)F. The maximum Gasteiger partial charge on any atom is 0.534 e. The molecule has 1 aromatic heterocycles. The molecule has 0 aliphatic carbocycles. The molecular formula is C17H14F3NO8S. The maximum absolute atomic E-state index is 12.5. The Morgan fingerprint density at radius 2 is 1.73 bits per heavy atom. The maximum atomic E-state index is 12.5. The summed E-state index contributed by atoms with van der Waals surface area (Å²) in [6.45, 7) is -0.608. The smallest absolute Gasteiger partial charge is 0.465 e. The van der Waals surface area contributed by atoms with E-state index in [0.717, 1.165) is 17.9 Å². The van der Waals surface area contributed by atoms with Crippen LogP contribution in [0.4, 0.5) is 13.2 Å². The van der Waals surface area contributed by atoms with E-state index in [0.29, 0.717) is 6.07 Å². The predicted octanol–water partition coefficient (Wildman–Crippen LogP) is 1.72. The van der Waals surface area contributed by atoms with Gasteiger partial charge in [-0.2, -0.15) is 21.6 Å². The van der Waals surface area contributed by atoms with Crippen LogP contribution >= 0.6 is 0 Å². The zero-order valence-electron chi connectivity index (χ0n) is 15.2. The van der Waals surface area contributed by atoms with Crippen LogP contribution in [-0.4, -0.2) is 44.1 Å². The molecule has 2 rings (SSSR count). The topological polar surface area (TPSA) is 118 Å². The summed E-state index contributed by atoms with van der Waals surface area (Å²) in [5.74, 6) is -3.09. The molecule has 0 aliphatic heterocycles. The lowest BCUT2D eigenvalue weighted by molar-refractivity contribution is -0.0500. The first-order valence-corrected chi connectivity index (χ1v) is 9.43. The number of nitrogens with zero attached hydrogens (tertiary/aromatic N) is 1. The summed E-state index contributed by atoms with van der Waals surface area (Å²) in [5.41, 5.74) is -7.28. The third-order valence-corrected chi connectivity index (χ3v) is 4.52. The van der Waals surface area contributed by atoms with E-state index in [2.05, 4.69) is 8.92 Å². The molecule has 1 heterocycles.